The van der Waals surface area contributed by atoms with Gasteiger partial charge in [0.2, 0.25) is 11.8 Å². The summed E-state index contributed by atoms with van der Waals surface area (Å²) >= 11 is 19.9. The fourth-order valence-corrected chi connectivity index (χ4v) is 18.8. The van der Waals surface area contributed by atoms with E-state index in [1.807, 2.05) is 90.3 Å². The number of nitrogens with one attached hydrogen (secondary N) is 1. The SMILES string of the molecule is CC1(C)OB(B2OC(C)(C)C(C)(C)O2)OC1(C)C.CF.COc1ncc(Br)c(/C=C/N(C)C)c1[N+](=O)[O-].COc1ncc(Br)c(C)c1[N+](=O)[O-].COc1ncc(Br)c2c1CC=C2.COc1ncc(Br)c2ccn(S(=O)(=O)c3ccc(C)cc3)c12.C[O-].Cc1ccc(S(=O)(=O)n2ccc3c(Br)c[nH]c(=O)c32)cc1.Cc1ccc(S(=O)(=O)n2ccc3c(Br)cn(C)c(=O)c32)cc1.[2H]C.[Li+]. The van der Waals surface area contributed by atoms with Crippen molar-refractivity contribution < 1.29 is 102 Å². The maximum absolute atomic E-state index is 12.9. The van der Waals surface area contributed by atoms with Gasteiger partial charge in [-0.1, -0.05) is 72.6 Å². The Morgan fingerprint density at radius 3 is 1.28 bits per heavy atom. The Morgan fingerprint density at radius 1 is 0.527 bits per heavy atom. The second-order valence-corrected chi connectivity index (χ2v) is 40.7. The summed E-state index contributed by atoms with van der Waals surface area (Å²) in [5, 5.41) is 31.7. The molecule has 0 atom stereocenters. The normalized spacial score (nSPS) is 14.0. The molecule has 698 valence electrons. The summed E-state index contributed by atoms with van der Waals surface area (Å²) in [6, 6.07) is 24.7. The molecule has 15 rings (SSSR count). The smallest absolute Gasteiger partial charge is 0.857 e. The molecule has 131 heavy (non-hydrogen) atoms. The van der Waals surface area contributed by atoms with Crippen LogP contribution in [0, 0.1) is 47.9 Å². The average molecular weight is 2250 g/mol. The molecule has 9 aromatic heterocycles. The topological polar surface area (TPSA) is 410 Å². The molecule has 12 aromatic rings. The number of H-pyrrole nitrogens is 1. The van der Waals surface area contributed by atoms with Crippen LogP contribution in [0.2, 0.25) is 0 Å². The minimum atomic E-state index is -3.81. The van der Waals surface area contributed by atoms with Gasteiger partial charge in [-0.15, -0.1) is 0 Å². The summed E-state index contributed by atoms with van der Waals surface area (Å²) < 4.78 is 145. The number of nitrogens with zero attached hydrogens (tertiary/aromatic N) is 11. The summed E-state index contributed by atoms with van der Waals surface area (Å²) in [5.41, 5.74) is 4.39. The van der Waals surface area contributed by atoms with Crippen LogP contribution in [0.1, 0.15) is 103 Å². The first kappa shape index (κ1) is 111. The summed E-state index contributed by atoms with van der Waals surface area (Å²) in [6.45, 7) is 23.5. The number of alkyl halides is 1. The van der Waals surface area contributed by atoms with Crippen LogP contribution in [0.5, 0.6) is 23.5 Å². The van der Waals surface area contributed by atoms with E-state index in [9.17, 15) is 59.5 Å². The van der Waals surface area contributed by atoms with Crippen LogP contribution in [-0.4, -0.2) is 175 Å². The van der Waals surface area contributed by atoms with E-state index in [2.05, 4.69) is 133 Å². The summed E-state index contributed by atoms with van der Waals surface area (Å²) in [6.07, 6.45) is 22.2. The first-order chi connectivity index (χ1) is 61.4. The number of ether oxygens (including phenoxy) is 4. The van der Waals surface area contributed by atoms with Crippen LogP contribution >= 0.6 is 95.6 Å². The number of rotatable bonds is 15. The molecule has 3 aromatic carbocycles. The average Bonchev–Trinajstić information content (AvgIpc) is 1.59. The quantitative estimate of drug-likeness (QED) is 0.0566. The molecule has 3 aliphatic rings. The third-order valence-corrected chi connectivity index (χ3v) is 29.4. The number of aromatic amines is 1. The Morgan fingerprint density at radius 2 is 0.878 bits per heavy atom. The van der Waals surface area contributed by atoms with Crippen molar-refractivity contribution in [2.75, 3.05) is 56.8 Å². The van der Waals surface area contributed by atoms with E-state index in [1.54, 1.807) is 136 Å². The minimum Gasteiger partial charge on any atom is -0.857 e. The molecule has 2 aliphatic heterocycles. The zero-order valence-corrected chi connectivity index (χ0v) is 87.9. The first-order valence-corrected chi connectivity index (χ1v) is 47.3. The number of methoxy groups -OCH3 is 4. The van der Waals surface area contributed by atoms with Crippen molar-refractivity contribution in [1.82, 2.24) is 46.3 Å². The van der Waals surface area contributed by atoms with Crippen LogP contribution < -0.4 is 54.0 Å². The number of hydrogen-bond donors (Lipinski definition) is 1. The van der Waals surface area contributed by atoms with Crippen LogP contribution in [-0.2, 0) is 62.2 Å². The Bertz CT molecular complexity index is 6570. The van der Waals surface area contributed by atoms with Crippen molar-refractivity contribution in [3.05, 3.63) is 266 Å². The van der Waals surface area contributed by atoms with Gasteiger partial charge in [0, 0.05) is 128 Å². The van der Waals surface area contributed by atoms with E-state index in [4.69, 9.17) is 44.0 Å². The number of aromatic nitrogens is 9. The maximum atomic E-state index is 12.9. The Labute approximate surface area is 824 Å². The maximum Gasteiger partial charge on any atom is 1.00 e. The van der Waals surface area contributed by atoms with Gasteiger partial charge >= 0.3 is 44.3 Å². The van der Waals surface area contributed by atoms with Crippen LogP contribution in [0.4, 0.5) is 15.8 Å². The predicted octanol–water partition coefficient (Wildman–Crippen LogP) is 14.9. The standard InChI is InChI=1S/2C15H13BrN2O3S.C14H11BrN2O3S.C12H24B2O4.C10H12BrN3O3.C9H8BrNO.C7H7BrN2O3.CH3F.CH3O.CH4.Li/c1-10-3-5-11(6-4-10)22(19,20)18-8-7-12-13(16)9-17-15(21-2)14(12)18;1-10-3-5-11(6-4-10)22(20,21)18-8-7-12-13(16)9-17(2)15(19)14(12)18;1-9-2-4-10(5-3-9)21(19,20)17-7-6-11-12(15)8-16-14(18)13(11)17;1-9(2)10(3,4)16-13(15-9)14-17-11(5,6)12(7,8)18-14;1-13(2)5-4-7-8(11)6-12-10(17-3)9(7)14(15)16;1-12-9-7-4-2-3-6(7)8(10)5-11-9;1-4-5(8)3-9-7(13-2)6(4)10(11)12;2*1-2;;/h2*3-9H,1-2H3;2-8H,1H3,(H,16,18);1-8H3;4-6H,1-3H3;2-3,5H,4H2,1H3;3H,1-2H3;2*1H3;1H4;/q;;;;;;;;-1;;+1/b;;;;5-4+;;;;;;/i;;;;;;;;;1D;. The van der Waals surface area contributed by atoms with Gasteiger partial charge < -0.3 is 57.1 Å². The minimum absolute atomic E-state index is 0. The van der Waals surface area contributed by atoms with Crippen LogP contribution in [0.25, 0.3) is 44.9 Å². The Hall–Kier alpha value is -8.75. The molecular formula is C85H98B2Br6FLiN12O21S3. The molecular weight excluding hydrogens is 2150 g/mol. The van der Waals surface area contributed by atoms with Crippen molar-refractivity contribution >= 4 is 196 Å². The summed E-state index contributed by atoms with van der Waals surface area (Å²) in [4.78, 5) is 65.7. The fourth-order valence-electron chi connectivity index (χ4n) is 12.1. The van der Waals surface area contributed by atoms with E-state index >= 15 is 0 Å². The number of nitro groups is 2. The van der Waals surface area contributed by atoms with E-state index < -0.39 is 59.5 Å². The summed E-state index contributed by atoms with van der Waals surface area (Å²) in [5.74, 6) is 1.03. The number of benzene rings is 3. The zero-order chi connectivity index (χ0) is 98.7. The molecule has 11 heterocycles. The van der Waals surface area contributed by atoms with Gasteiger partial charge in [-0.2, -0.15) is 7.11 Å². The Kier molecular flexibility index (Phi) is 40.2. The second-order valence-electron chi connectivity index (χ2n) is 30.2. The largest absolute Gasteiger partial charge is 1.00 e. The monoisotopic (exact) mass is 2240 g/mol. The van der Waals surface area contributed by atoms with Gasteiger partial charge in [-0.3, -0.25) is 34.2 Å². The van der Waals surface area contributed by atoms with Gasteiger partial charge in [0.1, 0.15) is 16.6 Å². The summed E-state index contributed by atoms with van der Waals surface area (Å²) in [7, 11) is 1.27. The van der Waals surface area contributed by atoms with Crippen molar-refractivity contribution in [2.45, 2.75) is 134 Å². The first-order valence-electron chi connectivity index (χ1n) is 39.3. The van der Waals surface area contributed by atoms with E-state index in [-0.39, 0.29) is 102 Å². The number of halogens is 7. The number of aryl methyl sites for hydroxylation is 4. The molecule has 0 radical (unpaired) electrons. The van der Waals surface area contributed by atoms with E-state index in [0.29, 0.717) is 57.0 Å². The number of fused-ring (bicyclic) bond motifs is 4. The van der Waals surface area contributed by atoms with Gasteiger partial charge in [-0.25, -0.2) is 57.1 Å². The third-order valence-electron chi connectivity index (χ3n) is 20.3. The molecule has 1 aliphatic carbocycles. The second kappa shape index (κ2) is 47.4. The molecule has 33 nitrogen and oxygen atoms in total. The molecule has 0 spiro atoms. The molecule has 0 amide bonds. The number of pyridine rings is 6. The van der Waals surface area contributed by atoms with E-state index in [1.165, 1.54) is 97.7 Å². The van der Waals surface area contributed by atoms with Crippen molar-refractivity contribution in [3.63, 3.8) is 0 Å². The third kappa shape index (κ3) is 25.9. The van der Waals surface area contributed by atoms with Gasteiger partial charge in [0.05, 0.1) is 92.6 Å². The molecule has 2 saturated heterocycles. The fraction of sp³-hybridized carbons (Fsp3) is 0.318. The predicted molar refractivity (Wildman–Crippen MR) is 521 cm³/mol. The molecule has 2 fully saturated rings. The van der Waals surface area contributed by atoms with Crippen LogP contribution in [0.3, 0.4) is 0 Å². The number of hydrogen-bond acceptors (Lipinski definition) is 26. The van der Waals surface area contributed by atoms with E-state index in [0.717, 1.165) is 53.9 Å². The molecule has 1 N–H and O–H groups in total. The van der Waals surface area contributed by atoms with Gasteiger partial charge in [0.25, 0.3) is 52.9 Å². The molecule has 0 saturated carbocycles. The molecule has 0 unspecified atom stereocenters. The van der Waals surface area contributed by atoms with Crippen molar-refractivity contribution in [1.29, 1.82) is 0 Å². The van der Waals surface area contributed by atoms with Crippen molar-refractivity contribution in [3.8, 4) is 23.5 Å². The van der Waals surface area contributed by atoms with Gasteiger partial charge in [-0.05, 0) is 258 Å². The molecule has 0 bridgehead atoms. The van der Waals surface area contributed by atoms with Crippen LogP contribution in [0.15, 0.2) is 210 Å². The molecule has 46 heteroatoms. The van der Waals surface area contributed by atoms with Crippen molar-refractivity contribution in [2.24, 2.45) is 7.05 Å². The Balaban J connectivity index is 0.000000272. The zero-order valence-electron chi connectivity index (χ0n) is 76.9. The number of allylic oxidation sites excluding steroid dienone is 1. The van der Waals surface area contributed by atoms with Gasteiger partial charge in [0.15, 0.2) is 0 Å².